The minimum absolute atomic E-state index is 0.148. The molecule has 26 heavy (non-hydrogen) atoms. The van der Waals surface area contributed by atoms with Crippen molar-refractivity contribution in [2.75, 3.05) is 32.5 Å². The SMILES string of the molecule is CN(C)S(=O)(=O)N1CCCC(C(=O)Nc2ccc(-c3cscn3)cc2)C1. The summed E-state index contributed by atoms with van der Waals surface area (Å²) < 4.78 is 27.1. The smallest absolute Gasteiger partial charge is 0.281 e. The van der Waals surface area contributed by atoms with Gasteiger partial charge in [-0.05, 0) is 25.0 Å². The molecule has 0 aliphatic carbocycles. The standard InChI is InChI=1S/C17H22N4O3S2/c1-20(2)26(23,24)21-9-3-4-14(10-21)17(22)19-15-7-5-13(6-8-15)16-11-25-12-18-16/h5-8,11-12,14H,3-4,9-10H2,1-2H3,(H,19,22). The Bertz CT molecular complexity index is 849. The highest BCUT2D eigenvalue weighted by atomic mass is 32.2. The summed E-state index contributed by atoms with van der Waals surface area (Å²) in [6.45, 7) is 0.663. The van der Waals surface area contributed by atoms with Gasteiger partial charge in [0.1, 0.15) is 0 Å². The molecular weight excluding hydrogens is 372 g/mol. The van der Waals surface area contributed by atoms with Gasteiger partial charge in [-0.25, -0.2) is 4.98 Å². The number of amides is 1. The highest BCUT2D eigenvalue weighted by Gasteiger charge is 2.33. The van der Waals surface area contributed by atoms with Crippen LogP contribution in [0.5, 0.6) is 0 Å². The van der Waals surface area contributed by atoms with E-state index in [2.05, 4.69) is 10.3 Å². The lowest BCUT2D eigenvalue weighted by molar-refractivity contribution is -0.120. The van der Waals surface area contributed by atoms with Gasteiger partial charge in [0.15, 0.2) is 0 Å². The topological polar surface area (TPSA) is 82.6 Å². The van der Waals surface area contributed by atoms with Crippen LogP contribution in [0.15, 0.2) is 35.2 Å². The van der Waals surface area contributed by atoms with E-state index in [-0.39, 0.29) is 18.4 Å². The number of carbonyl (C=O) groups excluding carboxylic acids is 1. The minimum atomic E-state index is -3.49. The molecule has 1 aromatic heterocycles. The molecule has 1 aromatic carbocycles. The van der Waals surface area contributed by atoms with Crippen LogP contribution in [0.3, 0.4) is 0 Å². The molecule has 1 aliphatic heterocycles. The number of rotatable bonds is 5. The van der Waals surface area contributed by atoms with Gasteiger partial charge in [-0.3, -0.25) is 4.79 Å². The van der Waals surface area contributed by atoms with Gasteiger partial charge in [0, 0.05) is 43.8 Å². The third kappa shape index (κ3) is 4.12. The molecule has 1 unspecified atom stereocenters. The van der Waals surface area contributed by atoms with Gasteiger partial charge in [0.25, 0.3) is 10.2 Å². The fraction of sp³-hybridized carbons (Fsp3) is 0.412. The van der Waals surface area contributed by atoms with Crippen LogP contribution in [-0.2, 0) is 15.0 Å². The van der Waals surface area contributed by atoms with E-state index in [0.717, 1.165) is 11.3 Å². The summed E-state index contributed by atoms with van der Waals surface area (Å²) in [5.74, 6) is -0.498. The first-order chi connectivity index (χ1) is 12.4. The van der Waals surface area contributed by atoms with E-state index in [1.807, 2.05) is 29.6 Å². The van der Waals surface area contributed by atoms with Gasteiger partial charge in [0.2, 0.25) is 5.91 Å². The largest absolute Gasteiger partial charge is 0.326 e. The van der Waals surface area contributed by atoms with Gasteiger partial charge >= 0.3 is 0 Å². The number of benzene rings is 1. The maximum absolute atomic E-state index is 12.6. The van der Waals surface area contributed by atoms with Crippen molar-refractivity contribution < 1.29 is 13.2 Å². The number of hydrogen-bond acceptors (Lipinski definition) is 5. The first-order valence-corrected chi connectivity index (χ1v) is 10.7. The molecule has 1 fully saturated rings. The van der Waals surface area contributed by atoms with Gasteiger partial charge < -0.3 is 5.32 Å². The van der Waals surface area contributed by atoms with Crippen LogP contribution in [-0.4, -0.2) is 55.1 Å². The molecule has 140 valence electrons. The highest BCUT2D eigenvalue weighted by Crippen LogP contribution is 2.24. The number of carbonyl (C=O) groups is 1. The van der Waals surface area contributed by atoms with Crippen LogP contribution < -0.4 is 5.32 Å². The zero-order valence-electron chi connectivity index (χ0n) is 14.8. The van der Waals surface area contributed by atoms with Crippen molar-refractivity contribution in [3.63, 3.8) is 0 Å². The van der Waals surface area contributed by atoms with E-state index in [9.17, 15) is 13.2 Å². The lowest BCUT2D eigenvalue weighted by Gasteiger charge is -2.32. The van der Waals surface area contributed by atoms with Crippen molar-refractivity contribution in [2.45, 2.75) is 12.8 Å². The zero-order valence-corrected chi connectivity index (χ0v) is 16.4. The van der Waals surface area contributed by atoms with Gasteiger partial charge in [-0.2, -0.15) is 17.0 Å². The summed E-state index contributed by atoms with van der Waals surface area (Å²) in [5, 5.41) is 4.86. The van der Waals surface area contributed by atoms with Crippen molar-refractivity contribution in [1.29, 1.82) is 0 Å². The monoisotopic (exact) mass is 394 g/mol. The Kier molecular flexibility index (Phi) is 5.71. The maximum Gasteiger partial charge on any atom is 0.281 e. The predicted octanol–water partition coefficient (Wildman–Crippen LogP) is 2.27. The van der Waals surface area contributed by atoms with Crippen LogP contribution >= 0.6 is 11.3 Å². The average Bonchev–Trinajstić information content (AvgIpc) is 3.17. The van der Waals surface area contributed by atoms with Crippen LogP contribution in [0.1, 0.15) is 12.8 Å². The molecule has 2 aromatic rings. The van der Waals surface area contributed by atoms with E-state index < -0.39 is 10.2 Å². The van der Waals surface area contributed by atoms with Crippen molar-refractivity contribution >= 4 is 33.1 Å². The Morgan fingerprint density at radius 2 is 2.04 bits per heavy atom. The number of anilines is 1. The molecule has 0 radical (unpaired) electrons. The second-order valence-electron chi connectivity index (χ2n) is 6.43. The fourth-order valence-corrected chi connectivity index (χ4v) is 4.67. The Balaban J connectivity index is 1.64. The summed E-state index contributed by atoms with van der Waals surface area (Å²) in [4.78, 5) is 16.8. The molecule has 1 atom stereocenters. The lowest BCUT2D eigenvalue weighted by atomic mass is 9.98. The minimum Gasteiger partial charge on any atom is -0.326 e. The second kappa shape index (κ2) is 7.83. The van der Waals surface area contributed by atoms with E-state index in [1.54, 1.807) is 5.51 Å². The Morgan fingerprint density at radius 3 is 2.65 bits per heavy atom. The number of hydrogen-bond donors (Lipinski definition) is 1. The van der Waals surface area contributed by atoms with Crippen LogP contribution in [0.25, 0.3) is 11.3 Å². The molecule has 0 spiro atoms. The van der Waals surface area contributed by atoms with E-state index >= 15 is 0 Å². The number of thiazole rings is 1. The Hall–Kier alpha value is -1.81. The van der Waals surface area contributed by atoms with Gasteiger partial charge in [-0.1, -0.05) is 12.1 Å². The van der Waals surface area contributed by atoms with E-state index in [1.165, 1.54) is 34.0 Å². The van der Waals surface area contributed by atoms with Crippen molar-refractivity contribution in [3.05, 3.63) is 35.2 Å². The fourth-order valence-electron chi connectivity index (χ4n) is 2.92. The number of nitrogens with zero attached hydrogens (tertiary/aromatic N) is 3. The first kappa shape index (κ1) is 19.0. The first-order valence-electron chi connectivity index (χ1n) is 8.35. The molecule has 1 amide bonds. The van der Waals surface area contributed by atoms with Crippen LogP contribution in [0.4, 0.5) is 5.69 Å². The summed E-state index contributed by atoms with van der Waals surface area (Å²) in [5.41, 5.74) is 4.37. The van der Waals surface area contributed by atoms with Crippen LogP contribution in [0.2, 0.25) is 0 Å². The van der Waals surface area contributed by atoms with Crippen molar-refractivity contribution in [1.82, 2.24) is 13.6 Å². The number of nitrogens with one attached hydrogen (secondary N) is 1. The lowest BCUT2D eigenvalue weighted by Crippen LogP contribution is -2.47. The average molecular weight is 395 g/mol. The van der Waals surface area contributed by atoms with Crippen molar-refractivity contribution in [2.24, 2.45) is 5.92 Å². The predicted molar refractivity (Wildman–Crippen MR) is 103 cm³/mol. The molecule has 7 nitrogen and oxygen atoms in total. The molecule has 1 saturated heterocycles. The normalized spacial score (nSPS) is 18.8. The van der Waals surface area contributed by atoms with E-state index in [4.69, 9.17) is 0 Å². The molecule has 1 N–H and O–H groups in total. The second-order valence-corrected chi connectivity index (χ2v) is 9.29. The molecule has 1 aliphatic rings. The summed E-state index contributed by atoms with van der Waals surface area (Å²) in [6, 6.07) is 7.50. The molecular formula is C17H22N4O3S2. The number of aromatic nitrogens is 1. The molecule has 0 saturated carbocycles. The van der Waals surface area contributed by atoms with Crippen molar-refractivity contribution in [3.8, 4) is 11.3 Å². The van der Waals surface area contributed by atoms with Gasteiger partial charge in [0.05, 0.1) is 17.1 Å². The molecule has 0 bridgehead atoms. The quantitative estimate of drug-likeness (QED) is 0.843. The van der Waals surface area contributed by atoms with Gasteiger partial charge in [-0.15, -0.1) is 11.3 Å². The van der Waals surface area contributed by atoms with E-state index in [0.29, 0.717) is 25.1 Å². The summed E-state index contributed by atoms with van der Waals surface area (Å²) >= 11 is 1.53. The molecule has 3 rings (SSSR count). The summed E-state index contributed by atoms with van der Waals surface area (Å²) in [6.07, 6.45) is 1.36. The third-order valence-corrected chi connectivity index (χ3v) is 6.92. The van der Waals surface area contributed by atoms with Crippen LogP contribution in [0, 0.1) is 5.92 Å². The number of piperidine rings is 1. The Labute approximate surface area is 157 Å². The molecule has 2 heterocycles. The zero-order chi connectivity index (χ0) is 18.7. The highest BCUT2D eigenvalue weighted by molar-refractivity contribution is 7.86. The third-order valence-electron chi connectivity index (χ3n) is 4.42. The maximum atomic E-state index is 12.6. The molecule has 9 heteroatoms. The summed E-state index contributed by atoms with van der Waals surface area (Å²) in [7, 11) is -0.483. The Morgan fingerprint density at radius 1 is 1.31 bits per heavy atom.